The number of alkyl halides is 1. The standard InChI is InChI=1S/C21H20Cl2O4/c1-13(2)19-17(27-18(25)12-22)11-16(21(20(19)23)26-14(3)24)10-9-15-7-5-4-6-8-15/h4-11,13H,12H2,1-3H3. The van der Waals surface area contributed by atoms with Crippen molar-refractivity contribution in [2.45, 2.75) is 26.7 Å². The molecule has 2 rings (SSSR count). The molecule has 0 atom stereocenters. The van der Waals surface area contributed by atoms with Gasteiger partial charge in [0.05, 0.1) is 5.02 Å². The maximum absolute atomic E-state index is 11.7. The first-order chi connectivity index (χ1) is 12.8. The average Bonchev–Trinajstić information content (AvgIpc) is 2.62. The van der Waals surface area contributed by atoms with Crippen molar-refractivity contribution in [3.63, 3.8) is 0 Å². The molecule has 0 heterocycles. The molecule has 6 heteroatoms. The Morgan fingerprint density at radius 2 is 1.78 bits per heavy atom. The zero-order chi connectivity index (χ0) is 20.0. The van der Waals surface area contributed by atoms with Gasteiger partial charge in [-0.05, 0) is 17.5 Å². The number of hydrogen-bond acceptors (Lipinski definition) is 4. The van der Waals surface area contributed by atoms with Crippen molar-refractivity contribution >= 4 is 47.3 Å². The van der Waals surface area contributed by atoms with E-state index in [1.54, 1.807) is 12.1 Å². The number of benzene rings is 2. The lowest BCUT2D eigenvalue weighted by atomic mass is 9.98. The van der Waals surface area contributed by atoms with Gasteiger partial charge in [-0.1, -0.05) is 67.9 Å². The minimum Gasteiger partial charge on any atom is -0.425 e. The first kappa shape index (κ1) is 21.0. The summed E-state index contributed by atoms with van der Waals surface area (Å²) in [7, 11) is 0. The molecule has 0 fully saturated rings. The van der Waals surface area contributed by atoms with E-state index in [9.17, 15) is 9.59 Å². The molecule has 2 aromatic carbocycles. The van der Waals surface area contributed by atoms with Crippen LogP contribution in [0, 0.1) is 0 Å². The van der Waals surface area contributed by atoms with Gasteiger partial charge in [0, 0.05) is 18.1 Å². The van der Waals surface area contributed by atoms with Crippen LogP contribution in [-0.4, -0.2) is 17.8 Å². The van der Waals surface area contributed by atoms with E-state index in [0.29, 0.717) is 16.9 Å². The number of carbonyl (C=O) groups is 2. The summed E-state index contributed by atoms with van der Waals surface area (Å²) >= 11 is 12.1. The molecule has 0 spiro atoms. The van der Waals surface area contributed by atoms with Crippen molar-refractivity contribution in [3.05, 3.63) is 58.1 Å². The molecule has 142 valence electrons. The average molecular weight is 407 g/mol. The van der Waals surface area contributed by atoms with Gasteiger partial charge in [-0.15, -0.1) is 11.6 Å². The van der Waals surface area contributed by atoms with Crippen LogP contribution < -0.4 is 9.47 Å². The molecule has 0 N–H and O–H groups in total. The molecule has 0 aliphatic carbocycles. The first-order valence-electron chi connectivity index (χ1n) is 8.38. The van der Waals surface area contributed by atoms with E-state index in [-0.39, 0.29) is 22.6 Å². The van der Waals surface area contributed by atoms with E-state index < -0.39 is 11.9 Å². The summed E-state index contributed by atoms with van der Waals surface area (Å²) < 4.78 is 10.7. The second kappa shape index (κ2) is 9.58. The number of ether oxygens (including phenoxy) is 2. The van der Waals surface area contributed by atoms with Crippen LogP contribution in [-0.2, 0) is 9.59 Å². The quantitative estimate of drug-likeness (QED) is 0.267. The lowest BCUT2D eigenvalue weighted by Crippen LogP contribution is -2.12. The van der Waals surface area contributed by atoms with Crippen LogP contribution in [0.15, 0.2) is 36.4 Å². The van der Waals surface area contributed by atoms with Gasteiger partial charge < -0.3 is 9.47 Å². The van der Waals surface area contributed by atoms with Crippen molar-refractivity contribution in [2.75, 3.05) is 5.88 Å². The van der Waals surface area contributed by atoms with Gasteiger partial charge in [0.25, 0.3) is 0 Å². The van der Waals surface area contributed by atoms with Crippen LogP contribution in [0.25, 0.3) is 12.2 Å². The highest BCUT2D eigenvalue weighted by Crippen LogP contribution is 2.43. The molecule has 0 aliphatic rings. The van der Waals surface area contributed by atoms with E-state index in [0.717, 1.165) is 5.56 Å². The normalized spacial score (nSPS) is 11.0. The van der Waals surface area contributed by atoms with Crippen molar-refractivity contribution in [1.82, 2.24) is 0 Å². The zero-order valence-corrected chi connectivity index (χ0v) is 16.8. The maximum atomic E-state index is 11.7. The minimum atomic E-state index is -0.590. The van der Waals surface area contributed by atoms with E-state index in [1.807, 2.05) is 50.3 Å². The van der Waals surface area contributed by atoms with Gasteiger partial charge in [-0.3, -0.25) is 9.59 Å². The van der Waals surface area contributed by atoms with E-state index in [2.05, 4.69) is 0 Å². The SMILES string of the molecule is CC(=O)Oc1c(C=Cc2ccccc2)cc(OC(=O)CCl)c(C(C)C)c1Cl. The third-order valence-corrected chi connectivity index (χ3v) is 4.25. The molecule has 2 aromatic rings. The summed E-state index contributed by atoms with van der Waals surface area (Å²) in [4.78, 5) is 23.3. The first-order valence-corrected chi connectivity index (χ1v) is 9.29. The van der Waals surface area contributed by atoms with Crippen LogP contribution in [0.2, 0.25) is 5.02 Å². The highest BCUT2D eigenvalue weighted by Gasteiger charge is 2.22. The third kappa shape index (κ3) is 5.59. The summed E-state index contributed by atoms with van der Waals surface area (Å²) in [5, 5.41) is 0.229. The Morgan fingerprint density at radius 3 is 2.33 bits per heavy atom. The summed E-state index contributed by atoms with van der Waals surface area (Å²) in [6.45, 7) is 5.10. The van der Waals surface area contributed by atoms with Crippen LogP contribution in [0.5, 0.6) is 11.5 Å². The predicted molar refractivity (Wildman–Crippen MR) is 109 cm³/mol. The third-order valence-electron chi connectivity index (χ3n) is 3.66. The van der Waals surface area contributed by atoms with Crippen molar-refractivity contribution < 1.29 is 19.1 Å². The number of esters is 2. The monoisotopic (exact) mass is 406 g/mol. The molecule has 0 unspecified atom stereocenters. The van der Waals surface area contributed by atoms with Crippen molar-refractivity contribution in [1.29, 1.82) is 0 Å². The van der Waals surface area contributed by atoms with E-state index in [4.69, 9.17) is 32.7 Å². The number of halogens is 2. The molecule has 0 saturated heterocycles. The Balaban J connectivity index is 2.62. The Bertz CT molecular complexity index is 858. The second-order valence-corrected chi connectivity index (χ2v) is 6.77. The summed E-state index contributed by atoms with van der Waals surface area (Å²) in [5.41, 5.74) is 2.04. The molecule has 0 radical (unpaired) electrons. The van der Waals surface area contributed by atoms with Gasteiger partial charge in [-0.2, -0.15) is 0 Å². The molecule has 0 amide bonds. The van der Waals surface area contributed by atoms with E-state index >= 15 is 0 Å². The topological polar surface area (TPSA) is 52.6 Å². The number of rotatable bonds is 6. The van der Waals surface area contributed by atoms with Gasteiger partial charge in [0.15, 0.2) is 5.75 Å². The lowest BCUT2D eigenvalue weighted by Gasteiger charge is -2.19. The molecule has 4 nitrogen and oxygen atoms in total. The smallest absolute Gasteiger partial charge is 0.326 e. The Labute approximate surface area is 168 Å². The van der Waals surface area contributed by atoms with Crippen LogP contribution in [0.3, 0.4) is 0 Å². The molecule has 0 aliphatic heterocycles. The zero-order valence-electron chi connectivity index (χ0n) is 15.3. The predicted octanol–water partition coefficient (Wildman–Crippen LogP) is 5.70. The molecule has 0 aromatic heterocycles. The fourth-order valence-electron chi connectivity index (χ4n) is 2.54. The van der Waals surface area contributed by atoms with Crippen molar-refractivity contribution in [2.24, 2.45) is 0 Å². The van der Waals surface area contributed by atoms with Crippen LogP contribution in [0.1, 0.15) is 43.4 Å². The molecular formula is C21H20Cl2O4. The molecular weight excluding hydrogens is 387 g/mol. The molecule has 0 bridgehead atoms. The van der Waals surface area contributed by atoms with Gasteiger partial charge >= 0.3 is 11.9 Å². The van der Waals surface area contributed by atoms with E-state index in [1.165, 1.54) is 6.92 Å². The van der Waals surface area contributed by atoms with Gasteiger partial charge in [0.1, 0.15) is 11.6 Å². The summed E-state index contributed by atoms with van der Waals surface area (Å²) in [5.74, 6) is -0.915. The Kier molecular flexibility index (Phi) is 7.45. The Hall–Kier alpha value is -2.30. The van der Waals surface area contributed by atoms with Gasteiger partial charge in [0.2, 0.25) is 0 Å². The van der Waals surface area contributed by atoms with Crippen molar-refractivity contribution in [3.8, 4) is 11.5 Å². The fraction of sp³-hybridized carbons (Fsp3) is 0.238. The Morgan fingerprint density at radius 1 is 1.11 bits per heavy atom. The minimum absolute atomic E-state index is 0.0721. The fourth-order valence-corrected chi connectivity index (χ4v) is 3.05. The highest BCUT2D eigenvalue weighted by atomic mass is 35.5. The van der Waals surface area contributed by atoms with Crippen LogP contribution >= 0.6 is 23.2 Å². The summed E-state index contributed by atoms with van der Waals surface area (Å²) in [6.07, 6.45) is 3.60. The molecule has 27 heavy (non-hydrogen) atoms. The summed E-state index contributed by atoms with van der Waals surface area (Å²) in [6, 6.07) is 11.2. The second-order valence-electron chi connectivity index (χ2n) is 6.12. The number of carbonyl (C=O) groups excluding carboxylic acids is 2. The maximum Gasteiger partial charge on any atom is 0.326 e. The van der Waals surface area contributed by atoms with Gasteiger partial charge in [-0.25, -0.2) is 0 Å². The van der Waals surface area contributed by atoms with Crippen LogP contribution in [0.4, 0.5) is 0 Å². The lowest BCUT2D eigenvalue weighted by molar-refractivity contribution is -0.132. The largest absolute Gasteiger partial charge is 0.425 e. The molecule has 0 saturated carbocycles. The highest BCUT2D eigenvalue weighted by molar-refractivity contribution is 6.33. The number of hydrogen-bond donors (Lipinski definition) is 0.